The van der Waals surface area contributed by atoms with E-state index in [4.69, 9.17) is 4.74 Å². The lowest BCUT2D eigenvalue weighted by atomic mass is 9.93. The Morgan fingerprint density at radius 1 is 0.475 bits per heavy atom. The van der Waals surface area contributed by atoms with E-state index in [9.17, 15) is 53.1 Å². The van der Waals surface area contributed by atoms with Gasteiger partial charge in [0.25, 0.3) is 0 Å². The molecule has 21 heteroatoms. The van der Waals surface area contributed by atoms with Crippen LogP contribution in [0, 0.1) is 5.92 Å². The Morgan fingerprint density at radius 2 is 0.820 bits per heavy atom. The highest BCUT2D eigenvalue weighted by Crippen LogP contribution is 2.18. The minimum atomic E-state index is -2.39. The lowest BCUT2D eigenvalue weighted by Gasteiger charge is -2.23. The molecule has 0 aliphatic heterocycles. The van der Waals surface area contributed by atoms with E-state index < -0.39 is 104 Å². The third kappa shape index (κ3) is 51.1. The number of hydrogen-bond acceptors (Lipinski definition) is 19. The van der Waals surface area contributed by atoms with Crippen molar-refractivity contribution in [2.45, 2.75) is 147 Å². The number of carbonyl (C=O) groups excluding carboxylic acids is 10. The molecule has 374 valence electrons. The predicted octanol–water partition coefficient (Wildman–Crippen LogP) is 5.35. The van der Waals surface area contributed by atoms with Gasteiger partial charge in [-0.3, -0.25) is 38.4 Å². The molecule has 0 aliphatic rings. The zero-order valence-corrected chi connectivity index (χ0v) is 27.9. The van der Waals surface area contributed by atoms with Crippen LogP contribution in [0.2, 0.25) is 0 Å². The maximum Gasteiger partial charge on any atom is 0.342 e. The molecule has 21 nitrogen and oxygen atoms in total. The lowest BCUT2D eigenvalue weighted by molar-refractivity contribution is -0.185. The van der Waals surface area contributed by atoms with Gasteiger partial charge in [0.1, 0.15) is 24.4 Å². The Labute approximate surface area is 368 Å². The van der Waals surface area contributed by atoms with E-state index in [0.717, 1.165) is 6.92 Å². The zero-order valence-electron chi connectivity index (χ0n) is 27.9. The van der Waals surface area contributed by atoms with Gasteiger partial charge in [0.05, 0.1) is 12.3 Å². The fraction of sp³-hybridized carbons (Fsp3) is 0.750. The van der Waals surface area contributed by atoms with Gasteiger partial charge in [-0.05, 0) is 13.8 Å². The number of Topliss-reactive ketones (excluding diaryl/α,β-unsaturated/α-hetero) is 2. The molecule has 0 heterocycles. The van der Waals surface area contributed by atoms with E-state index in [0.29, 0.717) is 0 Å². The number of methoxy groups -OCH3 is 2. The largest absolute Gasteiger partial charge is 0.438 e. The summed E-state index contributed by atoms with van der Waals surface area (Å²) in [7, 11) is 5.27. The maximum atomic E-state index is 11.9. The van der Waals surface area contributed by atoms with Crippen LogP contribution in [0.3, 0.4) is 0 Å². The molecule has 2 amide bonds. The molecular weight excluding hydrogens is 812 g/mol. The Kier molecular flexibility index (Phi) is 86.5. The second kappa shape index (κ2) is 55.0. The Morgan fingerprint density at radius 3 is 1.13 bits per heavy atom. The Hall–Kier alpha value is -5.02. The van der Waals surface area contributed by atoms with Crippen LogP contribution in [0.1, 0.15) is 141 Å². The van der Waals surface area contributed by atoms with Crippen molar-refractivity contribution in [2.24, 2.45) is 5.92 Å². The van der Waals surface area contributed by atoms with Gasteiger partial charge < -0.3 is 58.4 Å². The molecule has 61 heavy (non-hydrogen) atoms. The molecule has 0 aliphatic carbocycles. The van der Waals surface area contributed by atoms with Gasteiger partial charge in [-0.15, -0.1) is 0 Å². The molecule has 0 aromatic heterocycles. The Bertz CT molecular complexity index is 1180. The van der Waals surface area contributed by atoms with Crippen molar-refractivity contribution in [3.63, 3.8) is 0 Å². The first-order chi connectivity index (χ1) is 22.9. The summed E-state index contributed by atoms with van der Waals surface area (Å²) < 4.78 is 36.1. The SMILES string of the molecule is C.C.C.C.C.C.C.C.C.C.C.C.CNC(=O)CC(CC(C)=O)C(=O)OCOC(=O)CC(=O)OCOC.CNC(=O)CC(O)(CC(C)=O)C(=O)OCOC(=O)CC(=O)OCOC. The number of ether oxygens (including phenoxy) is 8. The maximum absolute atomic E-state index is 11.9. The summed E-state index contributed by atoms with van der Waals surface area (Å²) in [4.78, 5) is 114. The third-order valence-electron chi connectivity index (χ3n) is 5.31. The van der Waals surface area contributed by atoms with E-state index in [1.54, 1.807) is 0 Å². The quantitative estimate of drug-likeness (QED) is 0.0534. The molecule has 0 aromatic rings. The van der Waals surface area contributed by atoms with Crippen molar-refractivity contribution in [1.29, 1.82) is 0 Å². The summed E-state index contributed by atoms with van der Waals surface area (Å²) in [5, 5.41) is 14.7. The van der Waals surface area contributed by atoms with Gasteiger partial charge >= 0.3 is 35.8 Å². The molecule has 0 fully saturated rings. The number of rotatable bonds is 22. The summed E-state index contributed by atoms with van der Waals surface area (Å²) >= 11 is 0. The van der Waals surface area contributed by atoms with Crippen molar-refractivity contribution < 1.29 is 90.9 Å². The molecule has 2 atom stereocenters. The number of amides is 2. The molecular formula is C40H90N2O19. The number of nitrogens with one attached hydrogen (secondary N) is 2. The second-order valence-electron chi connectivity index (χ2n) is 9.60. The van der Waals surface area contributed by atoms with Crippen LogP contribution < -0.4 is 10.6 Å². The van der Waals surface area contributed by atoms with Crippen molar-refractivity contribution >= 4 is 59.2 Å². The predicted molar refractivity (Wildman–Crippen MR) is 236 cm³/mol. The van der Waals surface area contributed by atoms with E-state index in [1.807, 2.05) is 0 Å². The fourth-order valence-corrected chi connectivity index (χ4v) is 3.13. The van der Waals surface area contributed by atoms with E-state index in [2.05, 4.69) is 43.8 Å². The monoisotopic (exact) mass is 903 g/mol. The van der Waals surface area contributed by atoms with Gasteiger partial charge in [-0.1, -0.05) is 89.1 Å². The standard InChI is InChI=1S/C14H21NO10.C14H21NO9.12CH4/c1-9(16)5-14(21,6-10(17)15-2)13(20)25-8-24-12(19)4-11(18)23-7-22-3;1-9(16)4-10(5-11(17)15-2)14(20)24-8-23-13(19)6-12(18)22-7-21-3;;;;;;;;;;;;/h21H,4-8H2,1-3H3,(H,15,17);10H,4-8H2,1-3H3,(H,15,17);12*1H4. The molecule has 0 rings (SSSR count). The van der Waals surface area contributed by atoms with Gasteiger partial charge in [-0.25, -0.2) is 4.79 Å². The highest BCUT2D eigenvalue weighted by molar-refractivity contribution is 5.93. The molecule has 3 N–H and O–H groups in total. The van der Waals surface area contributed by atoms with Crippen LogP contribution in [-0.4, -0.2) is 125 Å². The highest BCUT2D eigenvalue weighted by Gasteiger charge is 2.41. The summed E-state index contributed by atoms with van der Waals surface area (Å²) in [6, 6.07) is 0. The van der Waals surface area contributed by atoms with Crippen LogP contribution in [0.25, 0.3) is 0 Å². The molecule has 0 saturated carbocycles. The molecule has 2 unspecified atom stereocenters. The van der Waals surface area contributed by atoms with Crippen molar-refractivity contribution in [1.82, 2.24) is 10.6 Å². The molecule has 0 radical (unpaired) electrons. The number of carbonyl (C=O) groups is 10. The van der Waals surface area contributed by atoms with Crippen LogP contribution in [-0.2, 0) is 85.8 Å². The third-order valence-corrected chi connectivity index (χ3v) is 5.31. The van der Waals surface area contributed by atoms with Gasteiger partial charge in [-0.2, -0.15) is 0 Å². The summed E-state index contributed by atoms with van der Waals surface area (Å²) in [6.45, 7) is 0.107. The smallest absolute Gasteiger partial charge is 0.342 e. The van der Waals surface area contributed by atoms with Gasteiger partial charge in [0.2, 0.25) is 25.4 Å². The van der Waals surface area contributed by atoms with Gasteiger partial charge in [0.15, 0.2) is 19.2 Å². The summed E-state index contributed by atoms with van der Waals surface area (Å²) in [5.41, 5.74) is -2.39. The number of aliphatic hydroxyl groups is 1. The average molecular weight is 903 g/mol. The fourth-order valence-electron chi connectivity index (χ4n) is 3.13. The number of ketones is 2. The first-order valence-corrected chi connectivity index (χ1v) is 14.0. The topological polar surface area (TPSA) is 289 Å². The van der Waals surface area contributed by atoms with E-state index in [-0.39, 0.29) is 121 Å². The lowest BCUT2D eigenvalue weighted by Crippen LogP contribution is -2.45. The second-order valence-corrected chi connectivity index (χ2v) is 9.60. The minimum absolute atomic E-state index is 0. The molecule has 0 aromatic carbocycles. The van der Waals surface area contributed by atoms with E-state index >= 15 is 0 Å². The minimum Gasteiger partial charge on any atom is -0.438 e. The van der Waals surface area contributed by atoms with Crippen molar-refractivity contribution in [2.75, 3.05) is 55.5 Å². The van der Waals surface area contributed by atoms with Crippen molar-refractivity contribution in [3.8, 4) is 0 Å². The molecule has 0 spiro atoms. The normalized spacial score (nSPS) is 9.49. The van der Waals surface area contributed by atoms with Crippen LogP contribution in [0.15, 0.2) is 0 Å². The summed E-state index contributed by atoms with van der Waals surface area (Å²) in [5.74, 6) is -8.91. The molecule has 0 bridgehead atoms. The van der Waals surface area contributed by atoms with Crippen LogP contribution in [0.4, 0.5) is 0 Å². The number of esters is 6. The van der Waals surface area contributed by atoms with Crippen LogP contribution >= 0.6 is 0 Å². The average Bonchev–Trinajstić information content (AvgIpc) is 3.01. The van der Waals surface area contributed by atoms with Gasteiger partial charge in [0, 0.05) is 47.6 Å². The van der Waals surface area contributed by atoms with Crippen molar-refractivity contribution in [3.05, 3.63) is 0 Å². The first kappa shape index (κ1) is 96.0. The highest BCUT2D eigenvalue weighted by atomic mass is 16.7. The Balaban J connectivity index is -0.0000000505. The van der Waals surface area contributed by atoms with Crippen LogP contribution in [0.5, 0.6) is 0 Å². The number of hydrogen-bond donors (Lipinski definition) is 3. The molecule has 0 saturated heterocycles. The first-order valence-electron chi connectivity index (χ1n) is 14.0. The summed E-state index contributed by atoms with van der Waals surface area (Å²) in [6.07, 6.45) is -3.18. The van der Waals surface area contributed by atoms with E-state index in [1.165, 1.54) is 35.2 Å². The zero-order chi connectivity index (χ0) is 38.0.